The fraction of sp³-hybridized carbons (Fsp3) is 0.188. The summed E-state index contributed by atoms with van der Waals surface area (Å²) in [6.07, 6.45) is 0.0122. The molecule has 0 radical (unpaired) electrons. The van der Waals surface area contributed by atoms with E-state index in [-0.39, 0.29) is 11.7 Å². The van der Waals surface area contributed by atoms with E-state index in [9.17, 15) is 4.79 Å². The zero-order valence-electron chi connectivity index (χ0n) is 11.5. The van der Waals surface area contributed by atoms with Gasteiger partial charge in [0.2, 0.25) is 0 Å². The number of hydrogen-bond donors (Lipinski definition) is 2. The molecular formula is C16H17NO3. The maximum atomic E-state index is 11.1. The Hall–Kier alpha value is -2.49. The quantitative estimate of drug-likeness (QED) is 0.836. The van der Waals surface area contributed by atoms with Crippen molar-refractivity contribution < 1.29 is 14.6 Å². The molecule has 0 aliphatic rings. The van der Waals surface area contributed by atoms with E-state index in [2.05, 4.69) is 0 Å². The molecule has 0 spiro atoms. The van der Waals surface area contributed by atoms with Crippen LogP contribution in [0.3, 0.4) is 0 Å². The molecule has 0 heterocycles. The molecule has 0 aliphatic heterocycles. The first-order chi connectivity index (χ1) is 9.47. The van der Waals surface area contributed by atoms with Gasteiger partial charge in [0.15, 0.2) is 0 Å². The number of ether oxygens (including phenoxy) is 1. The zero-order chi connectivity index (χ0) is 14.7. The summed E-state index contributed by atoms with van der Waals surface area (Å²) in [6.45, 7) is 3.86. The topological polar surface area (TPSA) is 72.5 Å². The summed E-state index contributed by atoms with van der Waals surface area (Å²) in [6, 6.07) is 12.1. The lowest BCUT2D eigenvalue weighted by atomic mass is 10.0. The van der Waals surface area contributed by atoms with Crippen LogP contribution in [0, 0.1) is 0 Å². The first-order valence-electron chi connectivity index (χ1n) is 6.37. The molecule has 2 aromatic rings. The first kappa shape index (κ1) is 13.9. The molecule has 0 aliphatic carbocycles. The van der Waals surface area contributed by atoms with E-state index in [0.717, 1.165) is 11.1 Å². The normalized spacial score (nSPS) is 10.6. The van der Waals surface area contributed by atoms with Crippen molar-refractivity contribution in [2.75, 3.05) is 5.73 Å². The molecule has 2 aromatic carbocycles. The molecule has 2 rings (SSSR count). The molecule has 4 heteroatoms. The molecule has 0 saturated heterocycles. The van der Waals surface area contributed by atoms with E-state index in [1.54, 1.807) is 30.3 Å². The summed E-state index contributed by atoms with van der Waals surface area (Å²) in [7, 11) is 0. The molecule has 4 nitrogen and oxygen atoms in total. The molecule has 0 bridgehead atoms. The number of anilines is 1. The predicted octanol–water partition coefficient (Wildman–Crippen LogP) is 3.42. The van der Waals surface area contributed by atoms with Crippen molar-refractivity contribution >= 4 is 11.7 Å². The monoisotopic (exact) mass is 271 g/mol. The fourth-order valence-corrected chi connectivity index (χ4v) is 1.95. The van der Waals surface area contributed by atoms with Gasteiger partial charge in [0, 0.05) is 17.3 Å². The highest BCUT2D eigenvalue weighted by Gasteiger charge is 2.11. The van der Waals surface area contributed by atoms with E-state index in [1.807, 2.05) is 26.0 Å². The van der Waals surface area contributed by atoms with Gasteiger partial charge in [0.1, 0.15) is 5.75 Å². The number of rotatable bonds is 4. The van der Waals surface area contributed by atoms with Crippen LogP contribution in [0.25, 0.3) is 11.1 Å². The van der Waals surface area contributed by atoms with Gasteiger partial charge in [-0.15, -0.1) is 0 Å². The molecule has 20 heavy (non-hydrogen) atoms. The van der Waals surface area contributed by atoms with Crippen LogP contribution in [0.4, 0.5) is 5.69 Å². The second-order valence-corrected chi connectivity index (χ2v) is 4.81. The Labute approximate surface area is 117 Å². The number of carboxylic acids is 1. The average Bonchev–Trinajstić information content (AvgIpc) is 2.38. The Morgan fingerprint density at radius 2 is 1.95 bits per heavy atom. The Morgan fingerprint density at radius 1 is 1.20 bits per heavy atom. The largest absolute Gasteiger partial charge is 0.490 e. The number of hydrogen-bond acceptors (Lipinski definition) is 3. The number of nitrogen functional groups attached to an aromatic ring is 1. The minimum absolute atomic E-state index is 0.0122. The Kier molecular flexibility index (Phi) is 3.94. The van der Waals surface area contributed by atoms with Crippen LogP contribution in [0.15, 0.2) is 42.5 Å². The average molecular weight is 271 g/mol. The fourth-order valence-electron chi connectivity index (χ4n) is 1.95. The standard InChI is InChI=1S/C16H17NO3/c1-10(2)20-15-9-13(17)6-7-14(15)11-4-3-5-12(8-11)16(18)19/h3-10H,17H2,1-2H3,(H,18,19). The molecule has 0 fully saturated rings. The van der Waals surface area contributed by atoms with Gasteiger partial charge in [-0.3, -0.25) is 0 Å². The molecule has 0 unspecified atom stereocenters. The van der Waals surface area contributed by atoms with E-state index in [0.29, 0.717) is 11.4 Å². The van der Waals surface area contributed by atoms with Crippen molar-refractivity contribution in [1.29, 1.82) is 0 Å². The van der Waals surface area contributed by atoms with Crippen molar-refractivity contribution in [2.24, 2.45) is 0 Å². The Balaban J connectivity index is 2.51. The van der Waals surface area contributed by atoms with E-state index in [1.165, 1.54) is 0 Å². The van der Waals surface area contributed by atoms with Gasteiger partial charge in [-0.1, -0.05) is 12.1 Å². The van der Waals surface area contributed by atoms with Gasteiger partial charge < -0.3 is 15.6 Å². The highest BCUT2D eigenvalue weighted by Crippen LogP contribution is 2.33. The minimum Gasteiger partial charge on any atom is -0.490 e. The second kappa shape index (κ2) is 5.65. The van der Waals surface area contributed by atoms with Crippen LogP contribution < -0.4 is 10.5 Å². The summed E-state index contributed by atoms with van der Waals surface area (Å²) >= 11 is 0. The third-order valence-electron chi connectivity index (χ3n) is 2.79. The smallest absolute Gasteiger partial charge is 0.335 e. The van der Waals surface area contributed by atoms with Crippen molar-refractivity contribution in [3.8, 4) is 16.9 Å². The number of nitrogens with two attached hydrogens (primary N) is 1. The van der Waals surface area contributed by atoms with E-state index < -0.39 is 5.97 Å². The van der Waals surface area contributed by atoms with Gasteiger partial charge in [-0.25, -0.2) is 4.79 Å². The molecule has 0 amide bonds. The molecule has 3 N–H and O–H groups in total. The van der Waals surface area contributed by atoms with Crippen LogP contribution in [-0.4, -0.2) is 17.2 Å². The van der Waals surface area contributed by atoms with Crippen LogP contribution in [-0.2, 0) is 0 Å². The zero-order valence-corrected chi connectivity index (χ0v) is 11.5. The lowest BCUT2D eigenvalue weighted by molar-refractivity contribution is 0.0697. The highest BCUT2D eigenvalue weighted by atomic mass is 16.5. The summed E-state index contributed by atoms with van der Waals surface area (Å²) in [4.78, 5) is 11.1. The number of carboxylic acid groups (broad SMARTS) is 1. The predicted molar refractivity (Wildman–Crippen MR) is 79.0 cm³/mol. The van der Waals surface area contributed by atoms with Crippen LogP contribution in [0.1, 0.15) is 24.2 Å². The Morgan fingerprint density at radius 3 is 2.60 bits per heavy atom. The van der Waals surface area contributed by atoms with E-state index >= 15 is 0 Å². The lowest BCUT2D eigenvalue weighted by Crippen LogP contribution is -2.07. The number of carbonyl (C=O) groups is 1. The second-order valence-electron chi connectivity index (χ2n) is 4.81. The van der Waals surface area contributed by atoms with Crippen LogP contribution >= 0.6 is 0 Å². The molecule has 0 atom stereocenters. The van der Waals surface area contributed by atoms with Crippen molar-refractivity contribution in [2.45, 2.75) is 20.0 Å². The van der Waals surface area contributed by atoms with Crippen molar-refractivity contribution in [1.82, 2.24) is 0 Å². The van der Waals surface area contributed by atoms with Gasteiger partial charge in [-0.05, 0) is 43.7 Å². The summed E-state index contributed by atoms with van der Waals surface area (Å²) in [5, 5.41) is 9.06. The van der Waals surface area contributed by atoms with Crippen LogP contribution in [0.5, 0.6) is 5.75 Å². The van der Waals surface area contributed by atoms with Crippen LogP contribution in [0.2, 0.25) is 0 Å². The molecule has 104 valence electrons. The Bertz CT molecular complexity index is 635. The number of benzene rings is 2. The summed E-state index contributed by atoms with van der Waals surface area (Å²) in [5.41, 5.74) is 8.26. The maximum Gasteiger partial charge on any atom is 0.335 e. The summed E-state index contributed by atoms with van der Waals surface area (Å²) < 4.78 is 5.75. The molecule has 0 saturated carbocycles. The van der Waals surface area contributed by atoms with Gasteiger partial charge in [-0.2, -0.15) is 0 Å². The molecular weight excluding hydrogens is 254 g/mol. The van der Waals surface area contributed by atoms with Gasteiger partial charge in [0.05, 0.1) is 11.7 Å². The third-order valence-corrected chi connectivity index (χ3v) is 2.79. The first-order valence-corrected chi connectivity index (χ1v) is 6.37. The van der Waals surface area contributed by atoms with Crippen molar-refractivity contribution in [3.63, 3.8) is 0 Å². The van der Waals surface area contributed by atoms with Gasteiger partial charge in [0.25, 0.3) is 0 Å². The third kappa shape index (κ3) is 3.09. The minimum atomic E-state index is -0.950. The maximum absolute atomic E-state index is 11.1. The molecule has 0 aromatic heterocycles. The SMILES string of the molecule is CC(C)Oc1cc(N)ccc1-c1cccc(C(=O)O)c1. The van der Waals surface area contributed by atoms with Gasteiger partial charge >= 0.3 is 5.97 Å². The lowest BCUT2D eigenvalue weighted by Gasteiger charge is -2.15. The summed E-state index contributed by atoms with van der Waals surface area (Å²) in [5.74, 6) is -0.295. The number of aromatic carboxylic acids is 1. The van der Waals surface area contributed by atoms with E-state index in [4.69, 9.17) is 15.6 Å². The highest BCUT2D eigenvalue weighted by molar-refractivity contribution is 5.90. The van der Waals surface area contributed by atoms with Crippen molar-refractivity contribution in [3.05, 3.63) is 48.0 Å².